The standard InChI is InChI=1S/C10H17N3O/c1-3-13(2)9(14)12-10(8-11)6-4-5-7-10/h3-7H2,1-2H3,(H,12,14). The molecule has 1 fully saturated rings. The van der Waals surface area contributed by atoms with Crippen LogP contribution in [0.5, 0.6) is 0 Å². The van der Waals surface area contributed by atoms with Gasteiger partial charge in [-0.05, 0) is 32.6 Å². The van der Waals surface area contributed by atoms with E-state index in [0.717, 1.165) is 25.7 Å². The average molecular weight is 195 g/mol. The van der Waals surface area contributed by atoms with Crippen molar-refractivity contribution in [2.75, 3.05) is 13.6 Å². The maximum Gasteiger partial charge on any atom is 0.318 e. The fraction of sp³-hybridized carbons (Fsp3) is 0.800. The molecule has 14 heavy (non-hydrogen) atoms. The molecule has 0 aromatic rings. The zero-order chi connectivity index (χ0) is 10.6. The average Bonchev–Trinajstić information content (AvgIpc) is 2.65. The second-order valence-electron chi connectivity index (χ2n) is 3.85. The smallest absolute Gasteiger partial charge is 0.318 e. The Balaban J connectivity index is 2.57. The van der Waals surface area contributed by atoms with Gasteiger partial charge in [0.25, 0.3) is 0 Å². The predicted octanol–water partition coefficient (Wildman–Crippen LogP) is 1.48. The van der Waals surface area contributed by atoms with Gasteiger partial charge in [-0.1, -0.05) is 0 Å². The number of amides is 2. The molecular weight excluding hydrogens is 178 g/mol. The first-order valence-corrected chi connectivity index (χ1v) is 5.08. The number of nitriles is 1. The van der Waals surface area contributed by atoms with Crippen LogP contribution < -0.4 is 5.32 Å². The molecule has 0 saturated heterocycles. The number of carbonyl (C=O) groups is 1. The summed E-state index contributed by atoms with van der Waals surface area (Å²) in [6.07, 6.45) is 3.63. The van der Waals surface area contributed by atoms with E-state index in [1.54, 1.807) is 11.9 Å². The van der Waals surface area contributed by atoms with Crippen LogP contribution in [0.15, 0.2) is 0 Å². The number of nitrogens with zero attached hydrogens (tertiary/aromatic N) is 2. The largest absolute Gasteiger partial charge is 0.328 e. The molecule has 0 aliphatic heterocycles. The Bertz CT molecular complexity index is 251. The summed E-state index contributed by atoms with van der Waals surface area (Å²) < 4.78 is 0. The summed E-state index contributed by atoms with van der Waals surface area (Å²) in [7, 11) is 1.73. The molecule has 0 unspecified atom stereocenters. The molecular formula is C10H17N3O. The fourth-order valence-corrected chi connectivity index (χ4v) is 1.69. The van der Waals surface area contributed by atoms with Gasteiger partial charge >= 0.3 is 6.03 Å². The van der Waals surface area contributed by atoms with Crippen LogP contribution in [0, 0.1) is 11.3 Å². The van der Waals surface area contributed by atoms with E-state index in [1.165, 1.54) is 0 Å². The van der Waals surface area contributed by atoms with E-state index in [0.29, 0.717) is 6.54 Å². The van der Waals surface area contributed by atoms with Gasteiger partial charge in [0.15, 0.2) is 0 Å². The minimum atomic E-state index is -0.597. The van der Waals surface area contributed by atoms with E-state index in [1.807, 2.05) is 6.92 Å². The molecule has 4 nitrogen and oxygen atoms in total. The zero-order valence-electron chi connectivity index (χ0n) is 8.84. The lowest BCUT2D eigenvalue weighted by Crippen LogP contribution is -2.50. The summed E-state index contributed by atoms with van der Waals surface area (Å²) in [5, 5.41) is 11.9. The van der Waals surface area contributed by atoms with Crippen molar-refractivity contribution in [3.05, 3.63) is 0 Å². The second kappa shape index (κ2) is 4.32. The van der Waals surface area contributed by atoms with Gasteiger partial charge in [-0.2, -0.15) is 5.26 Å². The molecule has 1 rings (SSSR count). The van der Waals surface area contributed by atoms with Crippen LogP contribution in [0.4, 0.5) is 4.79 Å². The third kappa shape index (κ3) is 2.16. The molecule has 0 spiro atoms. The molecule has 0 atom stereocenters. The molecule has 2 amide bonds. The summed E-state index contributed by atoms with van der Waals surface area (Å²) >= 11 is 0. The number of urea groups is 1. The van der Waals surface area contributed by atoms with E-state index in [4.69, 9.17) is 5.26 Å². The van der Waals surface area contributed by atoms with Gasteiger partial charge in [0.05, 0.1) is 6.07 Å². The summed E-state index contributed by atoms with van der Waals surface area (Å²) in [5.74, 6) is 0. The van der Waals surface area contributed by atoms with Crippen molar-refractivity contribution in [2.45, 2.75) is 38.1 Å². The van der Waals surface area contributed by atoms with Crippen LogP contribution in [-0.4, -0.2) is 30.1 Å². The van der Waals surface area contributed by atoms with Crippen molar-refractivity contribution < 1.29 is 4.79 Å². The molecule has 1 aliphatic carbocycles. The topological polar surface area (TPSA) is 56.1 Å². The number of rotatable bonds is 2. The Morgan fingerprint density at radius 2 is 2.14 bits per heavy atom. The van der Waals surface area contributed by atoms with Gasteiger partial charge in [0.2, 0.25) is 0 Å². The highest BCUT2D eigenvalue weighted by atomic mass is 16.2. The Morgan fingerprint density at radius 3 is 2.57 bits per heavy atom. The Kier molecular flexibility index (Phi) is 3.34. The van der Waals surface area contributed by atoms with Crippen molar-refractivity contribution in [2.24, 2.45) is 0 Å². The van der Waals surface area contributed by atoms with E-state index < -0.39 is 5.54 Å². The Hall–Kier alpha value is -1.24. The summed E-state index contributed by atoms with van der Waals surface area (Å²) in [6.45, 7) is 2.57. The van der Waals surface area contributed by atoms with Crippen LogP contribution in [0.2, 0.25) is 0 Å². The maximum absolute atomic E-state index is 11.6. The van der Waals surface area contributed by atoms with Gasteiger partial charge in [-0.3, -0.25) is 0 Å². The zero-order valence-corrected chi connectivity index (χ0v) is 8.84. The minimum absolute atomic E-state index is 0.143. The summed E-state index contributed by atoms with van der Waals surface area (Å²) in [4.78, 5) is 13.1. The number of hydrogen-bond donors (Lipinski definition) is 1. The van der Waals surface area contributed by atoms with Crippen LogP contribution in [0.1, 0.15) is 32.6 Å². The number of carbonyl (C=O) groups excluding carboxylic acids is 1. The molecule has 1 aliphatic rings. The maximum atomic E-state index is 11.6. The van der Waals surface area contributed by atoms with E-state index in [2.05, 4.69) is 11.4 Å². The molecule has 0 aromatic heterocycles. The summed E-state index contributed by atoms with van der Waals surface area (Å²) in [5.41, 5.74) is -0.597. The first kappa shape index (κ1) is 10.8. The highest BCUT2D eigenvalue weighted by molar-refractivity contribution is 5.75. The lowest BCUT2D eigenvalue weighted by Gasteiger charge is -2.25. The fourth-order valence-electron chi connectivity index (χ4n) is 1.69. The molecule has 0 aromatic carbocycles. The molecule has 1 N–H and O–H groups in total. The van der Waals surface area contributed by atoms with E-state index in [9.17, 15) is 4.79 Å². The van der Waals surface area contributed by atoms with Crippen LogP contribution in [-0.2, 0) is 0 Å². The monoisotopic (exact) mass is 195 g/mol. The SMILES string of the molecule is CCN(C)C(=O)NC1(C#N)CCCC1. The summed E-state index contributed by atoms with van der Waals surface area (Å²) in [6, 6.07) is 2.09. The molecule has 1 saturated carbocycles. The number of hydrogen-bond acceptors (Lipinski definition) is 2. The lowest BCUT2D eigenvalue weighted by molar-refractivity contribution is 0.202. The quantitative estimate of drug-likeness (QED) is 0.725. The van der Waals surface area contributed by atoms with E-state index >= 15 is 0 Å². The third-order valence-corrected chi connectivity index (χ3v) is 2.84. The van der Waals surface area contributed by atoms with Gasteiger partial charge in [-0.25, -0.2) is 4.79 Å². The van der Waals surface area contributed by atoms with Crippen molar-refractivity contribution in [1.29, 1.82) is 5.26 Å². The molecule has 78 valence electrons. The Labute approximate surface area is 84.9 Å². The lowest BCUT2D eigenvalue weighted by atomic mass is 10.0. The highest BCUT2D eigenvalue weighted by Crippen LogP contribution is 2.28. The molecule has 4 heteroatoms. The van der Waals surface area contributed by atoms with Gasteiger partial charge in [0.1, 0.15) is 5.54 Å². The van der Waals surface area contributed by atoms with Crippen molar-refractivity contribution in [1.82, 2.24) is 10.2 Å². The van der Waals surface area contributed by atoms with Gasteiger partial charge in [0, 0.05) is 13.6 Å². The minimum Gasteiger partial charge on any atom is -0.328 e. The molecule has 0 radical (unpaired) electrons. The van der Waals surface area contributed by atoms with Crippen LogP contribution in [0.25, 0.3) is 0 Å². The van der Waals surface area contributed by atoms with Crippen LogP contribution in [0.3, 0.4) is 0 Å². The predicted molar refractivity (Wildman–Crippen MR) is 53.6 cm³/mol. The normalized spacial score (nSPS) is 18.6. The third-order valence-electron chi connectivity index (χ3n) is 2.84. The second-order valence-corrected chi connectivity index (χ2v) is 3.85. The van der Waals surface area contributed by atoms with Crippen LogP contribution >= 0.6 is 0 Å². The highest BCUT2D eigenvalue weighted by Gasteiger charge is 2.35. The van der Waals surface area contributed by atoms with Gasteiger partial charge in [-0.15, -0.1) is 0 Å². The molecule has 0 bridgehead atoms. The number of nitrogens with one attached hydrogen (secondary N) is 1. The van der Waals surface area contributed by atoms with Gasteiger partial charge < -0.3 is 10.2 Å². The first-order valence-electron chi connectivity index (χ1n) is 5.08. The first-order chi connectivity index (χ1) is 6.63. The van der Waals surface area contributed by atoms with E-state index in [-0.39, 0.29) is 6.03 Å². The Morgan fingerprint density at radius 1 is 1.57 bits per heavy atom. The molecule has 0 heterocycles. The van der Waals surface area contributed by atoms with Crippen molar-refractivity contribution in [3.8, 4) is 6.07 Å². The van der Waals surface area contributed by atoms with Crippen molar-refractivity contribution >= 4 is 6.03 Å². The van der Waals surface area contributed by atoms with Crippen molar-refractivity contribution in [3.63, 3.8) is 0 Å².